The molecule has 1 N–H and O–H groups in total. The molecule has 0 bridgehead atoms. The van der Waals surface area contributed by atoms with Crippen molar-refractivity contribution in [2.24, 2.45) is 0 Å². The lowest BCUT2D eigenvalue weighted by molar-refractivity contribution is 0.160. The van der Waals surface area contributed by atoms with Crippen LogP contribution in [0.25, 0.3) is 0 Å². The molecule has 1 heterocycles. The number of carbonyl (C=O) groups excluding carboxylic acids is 1. The second-order valence-corrected chi connectivity index (χ2v) is 5.31. The topological polar surface area (TPSA) is 51.2 Å². The summed E-state index contributed by atoms with van der Waals surface area (Å²) in [6.45, 7) is 4.37. The number of ether oxygens (including phenoxy) is 1. The van der Waals surface area contributed by atoms with Crippen LogP contribution in [-0.2, 0) is 4.74 Å². The first kappa shape index (κ1) is 12.4. The number of nitrogens with one attached hydrogen (secondary N) is 1. The van der Waals surface area contributed by atoms with E-state index in [1.165, 1.54) is 11.3 Å². The Morgan fingerprint density at radius 2 is 2.40 bits per heavy atom. The fourth-order valence-electron chi connectivity index (χ4n) is 0.864. The summed E-state index contributed by atoms with van der Waals surface area (Å²) < 4.78 is 5.86. The zero-order valence-electron chi connectivity index (χ0n) is 8.67. The van der Waals surface area contributed by atoms with Crippen LogP contribution in [-0.4, -0.2) is 17.7 Å². The van der Waals surface area contributed by atoms with E-state index in [0.717, 1.165) is 22.3 Å². The van der Waals surface area contributed by atoms with Gasteiger partial charge in [-0.05, 0) is 29.3 Å². The summed E-state index contributed by atoms with van der Waals surface area (Å²) in [5.41, 5.74) is 0.865. The molecule has 0 unspecified atom stereocenters. The molecule has 0 fully saturated rings. The predicted molar refractivity (Wildman–Crippen MR) is 64.4 cm³/mol. The molecule has 0 saturated carbocycles. The van der Waals surface area contributed by atoms with E-state index in [9.17, 15) is 4.79 Å². The average molecular weight is 293 g/mol. The smallest absolute Gasteiger partial charge is 0.413 e. The summed E-state index contributed by atoms with van der Waals surface area (Å²) in [4.78, 5) is 15.4. The van der Waals surface area contributed by atoms with Crippen molar-refractivity contribution in [2.75, 3.05) is 11.9 Å². The van der Waals surface area contributed by atoms with Crippen LogP contribution < -0.4 is 5.32 Å². The molecular formula is C9H13BrN2O2S. The Morgan fingerprint density at radius 1 is 1.67 bits per heavy atom. The number of amides is 1. The monoisotopic (exact) mass is 292 g/mol. The van der Waals surface area contributed by atoms with Crippen molar-refractivity contribution in [3.05, 3.63) is 9.48 Å². The van der Waals surface area contributed by atoms with Crippen molar-refractivity contribution in [1.29, 1.82) is 0 Å². The Bertz CT molecular complexity index is 321. The van der Waals surface area contributed by atoms with Gasteiger partial charge in [0.2, 0.25) is 0 Å². The van der Waals surface area contributed by atoms with Crippen LogP contribution in [0.5, 0.6) is 0 Å². The van der Waals surface area contributed by atoms with Gasteiger partial charge in [0.25, 0.3) is 0 Å². The largest absolute Gasteiger partial charge is 0.449 e. The molecule has 0 saturated heterocycles. The molecule has 0 spiro atoms. The summed E-state index contributed by atoms with van der Waals surface area (Å²) in [7, 11) is 0. The van der Waals surface area contributed by atoms with Gasteiger partial charge in [-0.1, -0.05) is 24.7 Å². The highest BCUT2D eigenvalue weighted by atomic mass is 79.9. The van der Waals surface area contributed by atoms with E-state index in [0.29, 0.717) is 11.7 Å². The number of aromatic nitrogens is 1. The summed E-state index contributed by atoms with van der Waals surface area (Å²) in [5.74, 6) is 0. The van der Waals surface area contributed by atoms with Crippen molar-refractivity contribution in [2.45, 2.75) is 26.7 Å². The molecule has 0 aliphatic rings. The van der Waals surface area contributed by atoms with E-state index in [1.54, 1.807) is 0 Å². The summed E-state index contributed by atoms with van der Waals surface area (Å²) in [6.07, 6.45) is 1.45. The summed E-state index contributed by atoms with van der Waals surface area (Å²) in [5, 5.41) is 3.14. The van der Waals surface area contributed by atoms with Crippen LogP contribution in [0, 0.1) is 6.92 Å². The van der Waals surface area contributed by atoms with Gasteiger partial charge in [0, 0.05) is 0 Å². The number of halogens is 1. The van der Waals surface area contributed by atoms with Gasteiger partial charge in [-0.3, -0.25) is 5.32 Å². The van der Waals surface area contributed by atoms with Crippen LogP contribution in [0.4, 0.5) is 9.93 Å². The van der Waals surface area contributed by atoms with E-state index in [1.807, 2.05) is 13.8 Å². The number of nitrogens with zero attached hydrogens (tertiary/aromatic N) is 1. The maximum absolute atomic E-state index is 11.2. The second kappa shape index (κ2) is 6.07. The van der Waals surface area contributed by atoms with Gasteiger partial charge in [-0.15, -0.1) is 0 Å². The minimum atomic E-state index is -0.440. The fourth-order valence-corrected chi connectivity index (χ4v) is 2.09. The number of thiazole rings is 1. The van der Waals surface area contributed by atoms with Gasteiger partial charge in [0.1, 0.15) is 0 Å². The third-order valence-electron chi connectivity index (χ3n) is 1.68. The molecule has 1 aromatic rings. The number of anilines is 1. The van der Waals surface area contributed by atoms with Crippen molar-refractivity contribution in [1.82, 2.24) is 4.98 Å². The molecule has 1 aromatic heterocycles. The summed E-state index contributed by atoms with van der Waals surface area (Å²) >= 11 is 4.71. The van der Waals surface area contributed by atoms with Gasteiger partial charge >= 0.3 is 6.09 Å². The third kappa shape index (κ3) is 4.17. The normalized spacial score (nSPS) is 10.1. The molecule has 0 radical (unpaired) electrons. The first-order chi connectivity index (χ1) is 7.13. The minimum absolute atomic E-state index is 0.440. The molecule has 6 heteroatoms. The molecule has 4 nitrogen and oxygen atoms in total. The fraction of sp³-hybridized carbons (Fsp3) is 0.556. The van der Waals surface area contributed by atoms with Crippen molar-refractivity contribution >= 4 is 38.5 Å². The Kier molecular flexibility index (Phi) is 5.04. The van der Waals surface area contributed by atoms with Gasteiger partial charge in [-0.2, -0.15) is 0 Å². The Labute approximate surface area is 101 Å². The van der Waals surface area contributed by atoms with Crippen LogP contribution in [0.2, 0.25) is 0 Å². The molecule has 0 aliphatic carbocycles. The molecule has 0 aliphatic heterocycles. The molecule has 15 heavy (non-hydrogen) atoms. The lowest BCUT2D eigenvalue weighted by atomic mass is 10.4. The lowest BCUT2D eigenvalue weighted by Gasteiger charge is -2.02. The van der Waals surface area contributed by atoms with E-state index in [4.69, 9.17) is 4.74 Å². The number of carbonyl (C=O) groups is 1. The quantitative estimate of drug-likeness (QED) is 0.863. The lowest BCUT2D eigenvalue weighted by Crippen LogP contribution is -2.14. The van der Waals surface area contributed by atoms with Crippen LogP contribution in [0.3, 0.4) is 0 Å². The summed E-state index contributed by atoms with van der Waals surface area (Å²) in [6, 6.07) is 0. The zero-order chi connectivity index (χ0) is 11.3. The first-order valence-corrected chi connectivity index (χ1v) is 6.31. The zero-order valence-corrected chi connectivity index (χ0v) is 11.1. The van der Waals surface area contributed by atoms with Crippen LogP contribution in [0.1, 0.15) is 25.5 Å². The van der Waals surface area contributed by atoms with Crippen molar-refractivity contribution in [3.63, 3.8) is 0 Å². The number of rotatable bonds is 4. The first-order valence-electron chi connectivity index (χ1n) is 4.70. The van der Waals surface area contributed by atoms with Crippen molar-refractivity contribution < 1.29 is 9.53 Å². The number of hydrogen-bond donors (Lipinski definition) is 1. The molecule has 0 atom stereocenters. The van der Waals surface area contributed by atoms with Crippen LogP contribution >= 0.6 is 27.3 Å². The highest BCUT2D eigenvalue weighted by Gasteiger charge is 2.08. The second-order valence-electron chi connectivity index (χ2n) is 2.99. The molecular weight excluding hydrogens is 280 g/mol. The SMILES string of the molecule is CCCCOC(=O)Nc1nc(C)c(Br)s1. The maximum atomic E-state index is 11.2. The van der Waals surface area contributed by atoms with E-state index >= 15 is 0 Å². The standard InChI is InChI=1S/C9H13BrN2O2S/c1-3-4-5-14-9(13)12-8-11-6(2)7(10)15-8/h3-5H2,1-2H3,(H,11,12,13). The molecule has 1 rings (SSSR count). The molecule has 84 valence electrons. The number of unbranched alkanes of at least 4 members (excludes halogenated alkanes) is 1. The maximum Gasteiger partial charge on any atom is 0.413 e. The minimum Gasteiger partial charge on any atom is -0.449 e. The van der Waals surface area contributed by atoms with E-state index < -0.39 is 6.09 Å². The van der Waals surface area contributed by atoms with Crippen molar-refractivity contribution in [3.8, 4) is 0 Å². The highest BCUT2D eigenvalue weighted by molar-refractivity contribution is 9.11. The number of hydrogen-bond acceptors (Lipinski definition) is 4. The Hall–Kier alpha value is -0.620. The van der Waals surface area contributed by atoms with Gasteiger partial charge in [0.15, 0.2) is 5.13 Å². The van der Waals surface area contributed by atoms with Gasteiger partial charge in [0.05, 0.1) is 16.1 Å². The van der Waals surface area contributed by atoms with Crippen LogP contribution in [0.15, 0.2) is 3.79 Å². The third-order valence-corrected chi connectivity index (χ3v) is 3.60. The predicted octanol–water partition coefficient (Wildman–Crippen LogP) is 3.56. The Morgan fingerprint density at radius 3 is 2.93 bits per heavy atom. The van der Waals surface area contributed by atoms with Gasteiger partial charge < -0.3 is 4.74 Å². The molecule has 0 aromatic carbocycles. The highest BCUT2D eigenvalue weighted by Crippen LogP contribution is 2.27. The molecule has 1 amide bonds. The van der Waals surface area contributed by atoms with E-state index in [2.05, 4.69) is 26.2 Å². The average Bonchev–Trinajstić information content (AvgIpc) is 2.46. The van der Waals surface area contributed by atoms with E-state index in [-0.39, 0.29) is 0 Å². The van der Waals surface area contributed by atoms with Gasteiger partial charge in [-0.25, -0.2) is 9.78 Å². The number of aryl methyl sites for hydroxylation is 1. The Balaban J connectivity index is 2.37.